The minimum atomic E-state index is -0.553. The van der Waals surface area contributed by atoms with Crippen molar-refractivity contribution < 1.29 is 24.0 Å². The van der Waals surface area contributed by atoms with Gasteiger partial charge in [-0.3, -0.25) is 19.7 Å². The molecular formula is C17H22N2O6. The summed E-state index contributed by atoms with van der Waals surface area (Å²) in [5.41, 5.74) is 0.707. The van der Waals surface area contributed by atoms with Gasteiger partial charge in [0.15, 0.2) is 12.4 Å². The van der Waals surface area contributed by atoms with E-state index in [2.05, 4.69) is 5.32 Å². The molecule has 0 unspecified atom stereocenters. The van der Waals surface area contributed by atoms with Crippen molar-refractivity contribution in [2.75, 3.05) is 19.0 Å². The van der Waals surface area contributed by atoms with Gasteiger partial charge in [-0.15, -0.1) is 0 Å². The number of benzene rings is 1. The predicted molar refractivity (Wildman–Crippen MR) is 90.5 cm³/mol. The molecule has 1 N–H and O–H groups in total. The van der Waals surface area contributed by atoms with Crippen molar-refractivity contribution in [2.24, 2.45) is 5.92 Å². The van der Waals surface area contributed by atoms with Crippen LogP contribution < -0.4 is 10.1 Å². The third-order valence-corrected chi connectivity index (χ3v) is 4.29. The van der Waals surface area contributed by atoms with Gasteiger partial charge in [0.1, 0.15) is 0 Å². The molecule has 0 radical (unpaired) electrons. The number of hydrogen-bond acceptors (Lipinski definition) is 6. The van der Waals surface area contributed by atoms with Crippen LogP contribution in [0.25, 0.3) is 0 Å². The fraction of sp³-hybridized carbons (Fsp3) is 0.529. The minimum absolute atomic E-state index is 0.0455. The SMILES string of the molecule is COc1cc(NC(=O)COC(=O)CC2CCCC2)c(C)cc1[N+](=O)[O-]. The van der Waals surface area contributed by atoms with Crippen molar-refractivity contribution in [3.8, 4) is 5.75 Å². The van der Waals surface area contributed by atoms with Crippen molar-refractivity contribution >= 4 is 23.3 Å². The number of hydrogen-bond donors (Lipinski definition) is 1. The number of methoxy groups -OCH3 is 1. The second-order valence-corrected chi connectivity index (χ2v) is 6.16. The molecule has 1 amide bonds. The van der Waals surface area contributed by atoms with E-state index in [0.29, 0.717) is 23.6 Å². The van der Waals surface area contributed by atoms with Crippen molar-refractivity contribution in [3.63, 3.8) is 0 Å². The van der Waals surface area contributed by atoms with E-state index in [4.69, 9.17) is 9.47 Å². The van der Waals surface area contributed by atoms with Crippen LogP contribution >= 0.6 is 0 Å². The van der Waals surface area contributed by atoms with Gasteiger partial charge >= 0.3 is 11.7 Å². The summed E-state index contributed by atoms with van der Waals surface area (Å²) in [4.78, 5) is 34.1. The van der Waals surface area contributed by atoms with Crippen molar-refractivity contribution in [1.82, 2.24) is 0 Å². The highest BCUT2D eigenvalue weighted by molar-refractivity contribution is 5.94. The van der Waals surface area contributed by atoms with Crippen LogP contribution in [0.3, 0.4) is 0 Å². The third-order valence-electron chi connectivity index (χ3n) is 4.29. The summed E-state index contributed by atoms with van der Waals surface area (Å²) in [6.45, 7) is 1.25. The van der Waals surface area contributed by atoms with E-state index in [1.807, 2.05) is 0 Å². The van der Waals surface area contributed by atoms with E-state index in [-0.39, 0.29) is 24.0 Å². The lowest BCUT2D eigenvalue weighted by molar-refractivity contribution is -0.385. The molecule has 8 nitrogen and oxygen atoms in total. The largest absolute Gasteiger partial charge is 0.490 e. The zero-order chi connectivity index (χ0) is 18.4. The zero-order valence-corrected chi connectivity index (χ0v) is 14.4. The number of aryl methyl sites for hydroxylation is 1. The van der Waals surface area contributed by atoms with Gasteiger partial charge in [-0.25, -0.2) is 0 Å². The minimum Gasteiger partial charge on any atom is -0.490 e. The Morgan fingerprint density at radius 3 is 2.60 bits per heavy atom. The summed E-state index contributed by atoms with van der Waals surface area (Å²) >= 11 is 0. The van der Waals surface area contributed by atoms with Crippen molar-refractivity contribution in [1.29, 1.82) is 0 Å². The molecular weight excluding hydrogens is 328 g/mol. The maximum atomic E-state index is 12.0. The summed E-state index contributed by atoms with van der Waals surface area (Å²) in [5.74, 6) is -0.473. The Balaban J connectivity index is 1.91. The summed E-state index contributed by atoms with van der Waals surface area (Å²) in [7, 11) is 1.31. The molecule has 0 aromatic heterocycles. The molecule has 1 fully saturated rings. The molecule has 2 rings (SSSR count). The topological polar surface area (TPSA) is 108 Å². The van der Waals surface area contributed by atoms with Crippen LogP contribution in [-0.4, -0.2) is 30.5 Å². The highest BCUT2D eigenvalue weighted by atomic mass is 16.6. The number of anilines is 1. The maximum absolute atomic E-state index is 12.0. The van der Waals surface area contributed by atoms with Gasteiger partial charge < -0.3 is 14.8 Å². The molecule has 1 aliphatic carbocycles. The quantitative estimate of drug-likeness (QED) is 0.460. The number of nitro benzene ring substituents is 1. The highest BCUT2D eigenvalue weighted by Crippen LogP contribution is 2.32. The van der Waals surface area contributed by atoms with Gasteiger partial charge in [-0.2, -0.15) is 0 Å². The molecule has 0 bridgehead atoms. The molecule has 1 aromatic carbocycles. The van der Waals surface area contributed by atoms with E-state index < -0.39 is 10.8 Å². The number of nitrogens with one attached hydrogen (secondary N) is 1. The zero-order valence-electron chi connectivity index (χ0n) is 14.4. The molecule has 0 aliphatic heterocycles. The summed E-state index contributed by atoms with van der Waals surface area (Å²) in [6.07, 6.45) is 4.68. The molecule has 1 aromatic rings. The Labute approximate surface area is 145 Å². The first-order valence-corrected chi connectivity index (χ1v) is 8.19. The van der Waals surface area contributed by atoms with Crippen LogP contribution in [0.4, 0.5) is 11.4 Å². The smallest absolute Gasteiger partial charge is 0.311 e. The average molecular weight is 350 g/mol. The Bertz CT molecular complexity index is 667. The molecule has 0 atom stereocenters. The lowest BCUT2D eigenvalue weighted by Gasteiger charge is -2.12. The Morgan fingerprint density at radius 1 is 1.32 bits per heavy atom. The second kappa shape index (κ2) is 8.46. The van der Waals surface area contributed by atoms with Crippen LogP contribution in [0.2, 0.25) is 0 Å². The first-order chi connectivity index (χ1) is 11.9. The highest BCUT2D eigenvalue weighted by Gasteiger charge is 2.21. The number of esters is 1. The lowest BCUT2D eigenvalue weighted by atomic mass is 10.0. The average Bonchev–Trinajstić information content (AvgIpc) is 3.07. The van der Waals surface area contributed by atoms with E-state index in [1.54, 1.807) is 6.92 Å². The van der Waals surface area contributed by atoms with Crippen LogP contribution in [0.5, 0.6) is 5.75 Å². The fourth-order valence-electron chi connectivity index (χ4n) is 2.96. The van der Waals surface area contributed by atoms with Crippen molar-refractivity contribution in [2.45, 2.75) is 39.0 Å². The monoisotopic (exact) mass is 350 g/mol. The van der Waals surface area contributed by atoms with Gasteiger partial charge in [-0.05, 0) is 31.2 Å². The summed E-state index contributed by atoms with van der Waals surface area (Å²) < 4.78 is 9.98. The Hall–Kier alpha value is -2.64. The van der Waals surface area contributed by atoms with Crippen molar-refractivity contribution in [3.05, 3.63) is 27.8 Å². The number of rotatable bonds is 7. The molecule has 0 heterocycles. The van der Waals surface area contributed by atoms with Crippen LogP contribution in [-0.2, 0) is 14.3 Å². The first kappa shape index (κ1) is 18.7. The fourth-order valence-corrected chi connectivity index (χ4v) is 2.96. The van der Waals surface area contributed by atoms with Gasteiger partial charge in [0.05, 0.1) is 12.0 Å². The van der Waals surface area contributed by atoms with E-state index in [9.17, 15) is 19.7 Å². The predicted octanol–water partition coefficient (Wildman–Crippen LogP) is 2.97. The molecule has 8 heteroatoms. The van der Waals surface area contributed by atoms with Gasteiger partial charge in [0, 0.05) is 24.2 Å². The van der Waals surface area contributed by atoms with Gasteiger partial charge in [0.2, 0.25) is 0 Å². The standard InChI is InChI=1S/C17H22N2O6/c1-11-7-14(19(22)23)15(24-2)9-13(11)18-16(20)10-25-17(21)8-12-5-3-4-6-12/h7,9,12H,3-6,8,10H2,1-2H3,(H,18,20). The molecule has 136 valence electrons. The van der Waals surface area contributed by atoms with Gasteiger partial charge in [0.25, 0.3) is 5.91 Å². The maximum Gasteiger partial charge on any atom is 0.311 e. The van der Waals surface area contributed by atoms with E-state index >= 15 is 0 Å². The second-order valence-electron chi connectivity index (χ2n) is 6.16. The number of carbonyl (C=O) groups excluding carboxylic acids is 2. The van der Waals surface area contributed by atoms with E-state index in [1.165, 1.54) is 19.2 Å². The molecule has 0 saturated heterocycles. The van der Waals surface area contributed by atoms with Crippen LogP contribution in [0, 0.1) is 23.0 Å². The third kappa shape index (κ3) is 5.17. The number of nitrogens with zero attached hydrogens (tertiary/aromatic N) is 1. The molecule has 1 saturated carbocycles. The summed E-state index contributed by atoms with van der Waals surface area (Å²) in [5, 5.41) is 13.5. The van der Waals surface area contributed by atoms with Crippen LogP contribution in [0.15, 0.2) is 12.1 Å². The normalized spacial score (nSPS) is 14.2. The van der Waals surface area contributed by atoms with E-state index in [0.717, 1.165) is 25.7 Å². The number of ether oxygens (including phenoxy) is 2. The number of amides is 1. The molecule has 1 aliphatic rings. The Morgan fingerprint density at radius 2 is 2.00 bits per heavy atom. The lowest BCUT2D eigenvalue weighted by Crippen LogP contribution is -2.22. The molecule has 0 spiro atoms. The number of carbonyl (C=O) groups is 2. The first-order valence-electron chi connectivity index (χ1n) is 8.19. The Kier molecular flexibility index (Phi) is 6.32. The number of nitro groups is 1. The van der Waals surface area contributed by atoms with Gasteiger partial charge in [-0.1, -0.05) is 12.8 Å². The summed E-state index contributed by atoms with van der Waals surface area (Å²) in [6, 6.07) is 2.70. The van der Waals surface area contributed by atoms with Crippen LogP contribution in [0.1, 0.15) is 37.7 Å². The molecule has 25 heavy (non-hydrogen) atoms.